The standard InChI is InChI=1S/C33H46O4/c1-20(2)24-11-15-32(16-12-24,22(5)6)36-30(34)28-26-9-10-27(19-26)29(28)31(35)37-33(23(7)8)17-13-25(14-18-33)21(3)4/h11-15,17,20-23,26-27H,9-10,16,18-19H2,1-8H3. The number of esters is 2. The lowest BCUT2D eigenvalue weighted by atomic mass is 9.80. The monoisotopic (exact) mass is 506 g/mol. The molecular weight excluding hydrogens is 460 g/mol. The largest absolute Gasteiger partial charge is 0.451 e. The highest BCUT2D eigenvalue weighted by atomic mass is 16.6. The Morgan fingerprint density at radius 3 is 1.35 bits per heavy atom. The number of fused-ring (bicyclic) bond motifs is 2. The third kappa shape index (κ3) is 5.18. The van der Waals surface area contributed by atoms with E-state index in [1.54, 1.807) is 0 Å². The molecule has 1 fully saturated rings. The van der Waals surface area contributed by atoms with Gasteiger partial charge in [-0.25, -0.2) is 9.59 Å². The molecule has 2 bridgehead atoms. The van der Waals surface area contributed by atoms with Gasteiger partial charge in [0.1, 0.15) is 11.2 Å². The molecule has 4 aliphatic rings. The lowest BCUT2D eigenvalue weighted by molar-refractivity contribution is -0.158. The van der Waals surface area contributed by atoms with Crippen LogP contribution in [0.2, 0.25) is 0 Å². The minimum absolute atomic E-state index is 0.0861. The van der Waals surface area contributed by atoms with E-state index in [4.69, 9.17) is 9.47 Å². The fraction of sp³-hybridized carbons (Fsp3) is 0.636. The maximum atomic E-state index is 13.8. The molecule has 1 saturated carbocycles. The quantitative estimate of drug-likeness (QED) is 0.317. The van der Waals surface area contributed by atoms with E-state index < -0.39 is 11.2 Å². The average molecular weight is 507 g/mol. The van der Waals surface area contributed by atoms with E-state index in [0.29, 0.717) is 35.8 Å². The predicted molar refractivity (Wildman–Crippen MR) is 149 cm³/mol. The second-order valence-corrected chi connectivity index (χ2v) is 12.8. The Labute approximate surface area is 223 Å². The summed E-state index contributed by atoms with van der Waals surface area (Å²) in [5.74, 6) is 0.598. The van der Waals surface area contributed by atoms with Crippen LogP contribution in [0.5, 0.6) is 0 Å². The van der Waals surface area contributed by atoms with Crippen LogP contribution in [-0.2, 0) is 19.1 Å². The van der Waals surface area contributed by atoms with Gasteiger partial charge in [0, 0.05) is 12.8 Å². The molecule has 0 N–H and O–H groups in total. The van der Waals surface area contributed by atoms with E-state index in [9.17, 15) is 9.59 Å². The maximum Gasteiger partial charge on any atom is 0.335 e. The predicted octanol–water partition coefficient (Wildman–Crippen LogP) is 7.67. The zero-order valence-corrected chi connectivity index (χ0v) is 24.1. The van der Waals surface area contributed by atoms with Gasteiger partial charge in [-0.2, -0.15) is 0 Å². The van der Waals surface area contributed by atoms with Gasteiger partial charge in [-0.1, -0.05) is 79.7 Å². The summed E-state index contributed by atoms with van der Waals surface area (Å²) in [4.78, 5) is 27.6. The van der Waals surface area contributed by atoms with Crippen molar-refractivity contribution >= 4 is 11.9 Å². The first-order valence-electron chi connectivity index (χ1n) is 14.4. The van der Waals surface area contributed by atoms with E-state index in [2.05, 4.69) is 91.8 Å². The molecule has 4 rings (SSSR count). The van der Waals surface area contributed by atoms with Crippen molar-refractivity contribution in [1.29, 1.82) is 0 Å². The van der Waals surface area contributed by atoms with E-state index in [1.807, 2.05) is 0 Å². The number of hydrogen-bond donors (Lipinski definition) is 0. The second-order valence-electron chi connectivity index (χ2n) is 12.8. The van der Waals surface area contributed by atoms with Crippen LogP contribution in [0, 0.1) is 35.5 Å². The first kappa shape index (κ1) is 27.7. The van der Waals surface area contributed by atoms with Gasteiger partial charge in [-0.15, -0.1) is 0 Å². The number of hydrogen-bond acceptors (Lipinski definition) is 4. The van der Waals surface area contributed by atoms with Crippen molar-refractivity contribution in [3.63, 3.8) is 0 Å². The van der Waals surface area contributed by atoms with Crippen molar-refractivity contribution in [2.45, 2.75) is 98.7 Å². The van der Waals surface area contributed by atoms with Crippen LogP contribution in [0.25, 0.3) is 0 Å². The van der Waals surface area contributed by atoms with Crippen molar-refractivity contribution in [2.24, 2.45) is 35.5 Å². The van der Waals surface area contributed by atoms with Gasteiger partial charge in [0.05, 0.1) is 11.1 Å². The molecule has 0 aromatic carbocycles. The molecule has 0 spiro atoms. The molecule has 4 heteroatoms. The normalized spacial score (nSPS) is 31.0. The Balaban J connectivity index is 1.60. The van der Waals surface area contributed by atoms with Crippen LogP contribution in [0.4, 0.5) is 0 Å². The topological polar surface area (TPSA) is 52.6 Å². The summed E-state index contributed by atoms with van der Waals surface area (Å²) >= 11 is 0. The Hall–Kier alpha value is -2.36. The summed E-state index contributed by atoms with van der Waals surface area (Å²) in [6, 6.07) is 0. The van der Waals surface area contributed by atoms with Crippen LogP contribution < -0.4 is 0 Å². The van der Waals surface area contributed by atoms with Gasteiger partial charge in [0.15, 0.2) is 0 Å². The molecule has 4 nitrogen and oxygen atoms in total. The van der Waals surface area contributed by atoms with Crippen LogP contribution in [0.15, 0.2) is 58.7 Å². The Morgan fingerprint density at radius 2 is 1.08 bits per heavy atom. The molecule has 202 valence electrons. The lowest BCUT2D eigenvalue weighted by Crippen LogP contribution is -2.42. The van der Waals surface area contributed by atoms with Gasteiger partial charge in [-0.05, 0) is 78.1 Å². The molecule has 0 aromatic rings. The Kier molecular flexibility index (Phi) is 7.79. The van der Waals surface area contributed by atoms with Gasteiger partial charge in [0.2, 0.25) is 0 Å². The first-order valence-corrected chi connectivity index (χ1v) is 14.4. The first-order chi connectivity index (χ1) is 17.4. The third-order valence-corrected chi connectivity index (χ3v) is 9.26. The highest BCUT2D eigenvalue weighted by molar-refractivity contribution is 6.03. The van der Waals surface area contributed by atoms with Crippen molar-refractivity contribution < 1.29 is 19.1 Å². The zero-order chi connectivity index (χ0) is 27.1. The van der Waals surface area contributed by atoms with Gasteiger partial charge >= 0.3 is 11.9 Å². The van der Waals surface area contributed by atoms with E-state index in [-0.39, 0.29) is 35.6 Å². The average Bonchev–Trinajstić information content (AvgIpc) is 3.46. The van der Waals surface area contributed by atoms with Crippen LogP contribution in [-0.4, -0.2) is 23.1 Å². The summed E-state index contributed by atoms with van der Waals surface area (Å²) in [5, 5.41) is 0. The van der Waals surface area contributed by atoms with E-state index >= 15 is 0 Å². The van der Waals surface area contributed by atoms with Crippen LogP contribution >= 0.6 is 0 Å². The Bertz CT molecular complexity index is 996. The molecule has 0 heterocycles. The third-order valence-electron chi connectivity index (χ3n) is 9.26. The van der Waals surface area contributed by atoms with E-state index in [1.165, 1.54) is 11.1 Å². The summed E-state index contributed by atoms with van der Waals surface area (Å²) in [7, 11) is 0. The minimum Gasteiger partial charge on any atom is -0.451 e. The SMILES string of the molecule is CC(C)C1=CCC(OC(=O)C2=C(C(=O)OC3(C(C)C)C=CC(C(C)C)=CC3)C3CCC2C3)(C(C)C)C=C1. The smallest absolute Gasteiger partial charge is 0.335 e. The zero-order valence-electron chi connectivity index (χ0n) is 24.1. The molecule has 37 heavy (non-hydrogen) atoms. The van der Waals surface area contributed by atoms with Crippen molar-refractivity contribution in [3.8, 4) is 0 Å². The molecular formula is C33H46O4. The van der Waals surface area contributed by atoms with Gasteiger partial charge in [0.25, 0.3) is 0 Å². The molecule has 0 amide bonds. The maximum absolute atomic E-state index is 13.8. The second kappa shape index (κ2) is 10.4. The number of ether oxygens (including phenoxy) is 2. The summed E-state index contributed by atoms with van der Waals surface area (Å²) in [6.07, 6.45) is 16.8. The highest BCUT2D eigenvalue weighted by Gasteiger charge is 2.49. The van der Waals surface area contributed by atoms with E-state index in [0.717, 1.165) is 19.3 Å². The molecule has 0 radical (unpaired) electrons. The summed E-state index contributed by atoms with van der Waals surface area (Å²) in [6.45, 7) is 17.1. The summed E-state index contributed by atoms with van der Waals surface area (Å²) in [5.41, 5.74) is 2.30. The highest BCUT2D eigenvalue weighted by Crippen LogP contribution is 2.51. The van der Waals surface area contributed by atoms with Gasteiger partial charge < -0.3 is 9.47 Å². The number of allylic oxidation sites excluding steroid dienone is 4. The Morgan fingerprint density at radius 1 is 0.703 bits per heavy atom. The molecule has 0 aliphatic heterocycles. The lowest BCUT2D eigenvalue weighted by Gasteiger charge is -2.38. The molecule has 0 saturated heterocycles. The van der Waals surface area contributed by atoms with Crippen molar-refractivity contribution in [3.05, 3.63) is 58.7 Å². The van der Waals surface area contributed by atoms with Crippen molar-refractivity contribution in [1.82, 2.24) is 0 Å². The van der Waals surface area contributed by atoms with Crippen LogP contribution in [0.3, 0.4) is 0 Å². The van der Waals surface area contributed by atoms with Crippen LogP contribution in [0.1, 0.15) is 87.5 Å². The minimum atomic E-state index is -0.692. The number of rotatable bonds is 8. The number of carbonyl (C=O) groups is 2. The molecule has 0 aromatic heterocycles. The molecule has 4 unspecified atom stereocenters. The van der Waals surface area contributed by atoms with Gasteiger partial charge in [-0.3, -0.25) is 0 Å². The fourth-order valence-electron chi connectivity index (χ4n) is 6.36. The fourth-order valence-corrected chi connectivity index (χ4v) is 6.36. The number of carbonyl (C=O) groups excluding carboxylic acids is 2. The molecule has 4 aliphatic carbocycles. The van der Waals surface area contributed by atoms with Crippen molar-refractivity contribution in [2.75, 3.05) is 0 Å². The summed E-state index contributed by atoms with van der Waals surface area (Å²) < 4.78 is 12.7. The molecule has 4 atom stereocenters.